The fourth-order valence-corrected chi connectivity index (χ4v) is 5.68. The number of hydrogen-bond donors (Lipinski definition) is 3. The fourth-order valence-electron chi connectivity index (χ4n) is 5.68. The van der Waals surface area contributed by atoms with Crippen LogP contribution in [-0.2, 0) is 11.0 Å². The Bertz CT molecular complexity index is 1300. The van der Waals surface area contributed by atoms with Gasteiger partial charge in [0.25, 0.3) is 5.91 Å². The summed E-state index contributed by atoms with van der Waals surface area (Å²) >= 11 is 0. The average molecular weight is 610 g/mol. The average Bonchev–Trinajstić information content (AvgIpc) is 2.97. The molecule has 0 bridgehead atoms. The number of methoxy groups -OCH3 is 1. The van der Waals surface area contributed by atoms with Gasteiger partial charge in [-0.15, -0.1) is 0 Å². The highest BCUT2D eigenvalue weighted by Gasteiger charge is 2.38. The number of likely N-dealkylation sites (tertiary alicyclic amines) is 1. The third kappa shape index (κ3) is 7.84. The predicted molar refractivity (Wildman–Crippen MR) is 154 cm³/mol. The number of ether oxygens (including phenoxy) is 1. The van der Waals surface area contributed by atoms with E-state index in [2.05, 4.69) is 37.7 Å². The van der Waals surface area contributed by atoms with E-state index >= 15 is 4.39 Å². The highest BCUT2D eigenvalue weighted by atomic mass is 19.4. The second kappa shape index (κ2) is 13.7. The molecule has 2 amide bonds. The maximum atomic E-state index is 15.2. The smallest absolute Gasteiger partial charge is 0.421 e. The van der Waals surface area contributed by atoms with Crippen LogP contribution in [0.15, 0.2) is 18.3 Å². The topological polar surface area (TPSA) is 112 Å². The molecule has 1 aromatic heterocycles. The van der Waals surface area contributed by atoms with Gasteiger partial charge in [0.05, 0.1) is 24.4 Å². The predicted octanol–water partition coefficient (Wildman–Crippen LogP) is 4.80. The summed E-state index contributed by atoms with van der Waals surface area (Å²) in [5.74, 6) is -2.21. The molecule has 2 aromatic rings. The first-order chi connectivity index (χ1) is 20.4. The maximum Gasteiger partial charge on any atom is 0.421 e. The minimum Gasteiger partial charge on any atom is -0.495 e. The van der Waals surface area contributed by atoms with E-state index in [0.717, 1.165) is 51.4 Å². The first-order valence-corrected chi connectivity index (χ1v) is 14.5. The van der Waals surface area contributed by atoms with E-state index < -0.39 is 35.3 Å². The van der Waals surface area contributed by atoms with Crippen molar-refractivity contribution >= 4 is 29.3 Å². The number of carbonyl (C=O) groups excluding carboxylic acids is 2. The van der Waals surface area contributed by atoms with Crippen molar-refractivity contribution < 1.29 is 31.9 Å². The van der Waals surface area contributed by atoms with Crippen molar-refractivity contribution in [2.24, 2.45) is 0 Å². The number of likely N-dealkylation sites (N-methyl/N-ethyl adjacent to an activating group) is 1. The maximum absolute atomic E-state index is 15.2. The van der Waals surface area contributed by atoms with Gasteiger partial charge in [0.2, 0.25) is 11.9 Å². The molecule has 10 nitrogen and oxygen atoms in total. The number of halogens is 4. The summed E-state index contributed by atoms with van der Waals surface area (Å²) in [7, 11) is 2.96. The molecule has 14 heteroatoms. The molecule has 1 aliphatic carbocycles. The van der Waals surface area contributed by atoms with Crippen molar-refractivity contribution in [3.63, 3.8) is 0 Å². The molecular formula is C29H39F4N7O3. The van der Waals surface area contributed by atoms with Gasteiger partial charge in [-0.3, -0.25) is 9.59 Å². The Morgan fingerprint density at radius 2 is 1.84 bits per heavy atom. The van der Waals surface area contributed by atoms with Crippen molar-refractivity contribution in [1.29, 1.82) is 0 Å². The van der Waals surface area contributed by atoms with Gasteiger partial charge in [-0.05, 0) is 38.3 Å². The van der Waals surface area contributed by atoms with E-state index in [9.17, 15) is 22.8 Å². The van der Waals surface area contributed by atoms with Crippen LogP contribution >= 0.6 is 0 Å². The minimum absolute atomic E-state index is 0.0327. The summed E-state index contributed by atoms with van der Waals surface area (Å²) in [5, 5.41) is 8.53. The molecule has 236 valence electrons. The summed E-state index contributed by atoms with van der Waals surface area (Å²) in [6.45, 7) is 6.10. The Labute approximate surface area is 248 Å². The molecule has 2 fully saturated rings. The number of nitrogens with one attached hydrogen (secondary N) is 3. The molecule has 0 unspecified atom stereocenters. The Morgan fingerprint density at radius 1 is 1.14 bits per heavy atom. The van der Waals surface area contributed by atoms with Crippen molar-refractivity contribution in [1.82, 2.24) is 25.1 Å². The Hall–Kier alpha value is -3.68. The number of benzene rings is 1. The quantitative estimate of drug-likeness (QED) is 0.348. The molecule has 1 saturated carbocycles. The molecule has 2 heterocycles. The molecule has 43 heavy (non-hydrogen) atoms. The van der Waals surface area contributed by atoms with Crippen LogP contribution in [0.5, 0.6) is 5.75 Å². The monoisotopic (exact) mass is 609 g/mol. The van der Waals surface area contributed by atoms with E-state index in [4.69, 9.17) is 4.74 Å². The van der Waals surface area contributed by atoms with Crippen molar-refractivity contribution in [2.75, 3.05) is 44.4 Å². The molecule has 1 aromatic carbocycles. The van der Waals surface area contributed by atoms with Gasteiger partial charge in [0.15, 0.2) is 0 Å². The number of anilines is 3. The first kappa shape index (κ1) is 32.2. The molecule has 0 spiro atoms. The number of carbonyl (C=O) groups is 2. The lowest BCUT2D eigenvalue weighted by atomic mass is 9.89. The molecule has 2 atom stereocenters. The van der Waals surface area contributed by atoms with Gasteiger partial charge >= 0.3 is 6.18 Å². The Morgan fingerprint density at radius 3 is 2.47 bits per heavy atom. The lowest BCUT2D eigenvalue weighted by molar-refractivity contribution is -0.137. The van der Waals surface area contributed by atoms with Gasteiger partial charge < -0.3 is 30.5 Å². The first-order valence-electron chi connectivity index (χ1n) is 14.5. The molecule has 0 radical (unpaired) electrons. The lowest BCUT2D eigenvalue weighted by Gasteiger charge is -2.38. The van der Waals surface area contributed by atoms with Gasteiger partial charge in [-0.25, -0.2) is 9.37 Å². The molecular weight excluding hydrogens is 570 g/mol. The van der Waals surface area contributed by atoms with E-state index in [1.54, 1.807) is 7.05 Å². The molecule has 1 aliphatic heterocycles. The Kier molecular flexibility index (Phi) is 10.3. The van der Waals surface area contributed by atoms with E-state index in [-0.39, 0.29) is 40.9 Å². The Balaban J connectivity index is 1.56. The largest absolute Gasteiger partial charge is 0.495 e. The van der Waals surface area contributed by atoms with Crippen molar-refractivity contribution in [3.05, 3.63) is 35.3 Å². The SMILES string of the molecule is CCN1CCC(NC(=O)c2cc(OC)c(Nc3ncc(C(F)(F)F)c(N[C@@H]4CCCC[C@H]4N(C)C(C)=O)n3)cc2F)CC1. The summed E-state index contributed by atoms with van der Waals surface area (Å²) in [5.41, 5.74) is -1.25. The normalized spacial score (nSPS) is 19.9. The third-order valence-corrected chi connectivity index (χ3v) is 8.29. The highest BCUT2D eigenvalue weighted by Crippen LogP contribution is 2.37. The zero-order chi connectivity index (χ0) is 31.3. The van der Waals surface area contributed by atoms with Crippen LogP contribution in [0.25, 0.3) is 0 Å². The number of nitrogens with zero attached hydrogens (tertiary/aromatic N) is 4. The van der Waals surface area contributed by atoms with Crippen molar-refractivity contribution in [3.8, 4) is 5.75 Å². The van der Waals surface area contributed by atoms with E-state index in [1.165, 1.54) is 25.0 Å². The van der Waals surface area contributed by atoms with Gasteiger partial charge in [-0.1, -0.05) is 19.8 Å². The van der Waals surface area contributed by atoms with E-state index in [1.807, 2.05) is 0 Å². The van der Waals surface area contributed by atoms with Gasteiger partial charge in [-0.2, -0.15) is 18.2 Å². The summed E-state index contributed by atoms with van der Waals surface area (Å²) in [6, 6.07) is 1.41. The summed E-state index contributed by atoms with van der Waals surface area (Å²) in [4.78, 5) is 36.6. The number of rotatable bonds is 9. The summed E-state index contributed by atoms with van der Waals surface area (Å²) < 4.78 is 62.3. The van der Waals surface area contributed by atoms with Crippen LogP contribution in [0.2, 0.25) is 0 Å². The van der Waals surface area contributed by atoms with Crippen molar-refractivity contribution in [2.45, 2.75) is 76.7 Å². The van der Waals surface area contributed by atoms with Crippen LogP contribution in [0.3, 0.4) is 0 Å². The molecule has 1 saturated heterocycles. The molecule has 2 aliphatic rings. The third-order valence-electron chi connectivity index (χ3n) is 8.29. The zero-order valence-corrected chi connectivity index (χ0v) is 24.9. The van der Waals surface area contributed by atoms with Gasteiger partial charge in [0, 0.05) is 51.4 Å². The lowest BCUT2D eigenvalue weighted by Crippen LogP contribution is -2.49. The summed E-state index contributed by atoms with van der Waals surface area (Å²) in [6.07, 6.45) is 0.235. The van der Waals surface area contributed by atoms with Crippen LogP contribution in [0.4, 0.5) is 35.0 Å². The van der Waals surface area contributed by atoms with Crippen LogP contribution in [-0.4, -0.2) is 83.5 Å². The number of piperidine rings is 1. The number of aromatic nitrogens is 2. The second-order valence-electron chi connectivity index (χ2n) is 11.0. The zero-order valence-electron chi connectivity index (χ0n) is 24.9. The van der Waals surface area contributed by atoms with Crippen LogP contribution < -0.4 is 20.7 Å². The minimum atomic E-state index is -4.75. The van der Waals surface area contributed by atoms with E-state index in [0.29, 0.717) is 19.0 Å². The van der Waals surface area contributed by atoms with Gasteiger partial charge in [0.1, 0.15) is 22.9 Å². The molecule has 4 rings (SSSR count). The highest BCUT2D eigenvalue weighted by molar-refractivity contribution is 5.96. The van der Waals surface area contributed by atoms with Crippen LogP contribution in [0, 0.1) is 5.82 Å². The second-order valence-corrected chi connectivity index (χ2v) is 11.0. The van der Waals surface area contributed by atoms with Crippen LogP contribution in [0.1, 0.15) is 68.3 Å². The standard InChI is InChI=1S/C29H39F4N7O3/c1-5-40-12-10-18(11-13-40)35-27(42)19-14-25(43-4)23(15-21(19)30)37-28-34-16-20(29(31,32)33)26(38-28)36-22-8-6-7-9-24(22)39(3)17(2)41/h14-16,18,22,24H,5-13H2,1-4H3,(H,35,42)(H2,34,36,37,38)/t22-,24-/m1/s1. The molecule has 3 N–H and O–H groups in total. The number of hydrogen-bond acceptors (Lipinski definition) is 8. The number of alkyl halides is 3. The fraction of sp³-hybridized carbons (Fsp3) is 0.586. The number of amides is 2.